The van der Waals surface area contributed by atoms with Crippen LogP contribution in [-0.2, 0) is 0 Å². The van der Waals surface area contributed by atoms with Crippen LogP contribution < -0.4 is 15.4 Å². The topological polar surface area (TPSA) is 118 Å². The zero-order valence-electron chi connectivity index (χ0n) is 19.3. The second-order valence-electron chi connectivity index (χ2n) is 8.56. The minimum Gasteiger partial charge on any atom is -0.478 e. The van der Waals surface area contributed by atoms with Crippen LogP contribution in [0, 0.1) is 11.6 Å². The number of ether oxygens (including phenoxy) is 1. The van der Waals surface area contributed by atoms with Gasteiger partial charge < -0.3 is 20.5 Å². The lowest BCUT2D eigenvalue weighted by molar-refractivity contribution is 0.0696. The third kappa shape index (κ3) is 6.59. The maximum atomic E-state index is 13.9. The number of hydrogen-bond donors (Lipinski definition) is 3. The highest BCUT2D eigenvalue weighted by Crippen LogP contribution is 2.26. The molecule has 1 fully saturated rings. The fourth-order valence-electron chi connectivity index (χ4n) is 4.03. The molecule has 1 saturated carbocycles. The van der Waals surface area contributed by atoms with E-state index >= 15 is 0 Å². The molecule has 4 rings (SSSR count). The molecule has 0 aliphatic heterocycles. The van der Waals surface area contributed by atoms with Crippen LogP contribution in [0.25, 0.3) is 0 Å². The summed E-state index contributed by atoms with van der Waals surface area (Å²) in [4.78, 5) is 40.4. The van der Waals surface area contributed by atoms with Gasteiger partial charge in [-0.3, -0.25) is 9.59 Å². The van der Waals surface area contributed by atoms with Crippen LogP contribution >= 0.6 is 11.6 Å². The van der Waals surface area contributed by atoms with E-state index in [4.69, 9.17) is 21.4 Å². The Kier molecular flexibility index (Phi) is 7.98. The van der Waals surface area contributed by atoms with E-state index in [1.807, 2.05) is 0 Å². The molecule has 1 aromatic heterocycles. The lowest BCUT2D eigenvalue weighted by Gasteiger charge is -2.29. The molecule has 0 saturated heterocycles. The van der Waals surface area contributed by atoms with Crippen molar-refractivity contribution in [2.24, 2.45) is 0 Å². The van der Waals surface area contributed by atoms with E-state index in [1.54, 1.807) is 0 Å². The number of pyridine rings is 1. The normalized spacial score (nSPS) is 17.1. The molecule has 0 atom stereocenters. The minimum atomic E-state index is -1.18. The van der Waals surface area contributed by atoms with E-state index in [1.165, 1.54) is 42.5 Å². The van der Waals surface area contributed by atoms with Crippen LogP contribution in [-0.4, -0.2) is 40.0 Å². The molecule has 3 aromatic rings. The number of benzene rings is 2. The number of halogens is 3. The van der Waals surface area contributed by atoms with E-state index in [0.29, 0.717) is 25.7 Å². The third-order valence-electron chi connectivity index (χ3n) is 5.95. The van der Waals surface area contributed by atoms with Crippen molar-refractivity contribution < 1.29 is 33.0 Å². The molecule has 2 amide bonds. The van der Waals surface area contributed by atoms with Gasteiger partial charge in [0, 0.05) is 17.6 Å². The van der Waals surface area contributed by atoms with Gasteiger partial charge in [-0.1, -0.05) is 11.6 Å². The highest BCUT2D eigenvalue weighted by Gasteiger charge is 2.26. The van der Waals surface area contributed by atoms with Crippen LogP contribution in [0.2, 0.25) is 5.02 Å². The Balaban J connectivity index is 1.33. The lowest BCUT2D eigenvalue weighted by Crippen LogP contribution is -2.43. The first-order valence-corrected chi connectivity index (χ1v) is 11.8. The van der Waals surface area contributed by atoms with Crippen LogP contribution in [0.4, 0.5) is 8.78 Å². The molecule has 37 heavy (non-hydrogen) atoms. The number of nitrogens with one attached hydrogen (secondary N) is 2. The van der Waals surface area contributed by atoms with Gasteiger partial charge in [0.15, 0.2) is 0 Å². The number of nitrogens with zero attached hydrogens (tertiary/aromatic N) is 1. The van der Waals surface area contributed by atoms with Gasteiger partial charge in [-0.05, 0) is 74.2 Å². The third-order valence-corrected chi connectivity index (χ3v) is 6.26. The SMILES string of the molecule is O=C(NC1CCC(NC(=O)c2cc(F)cnc2Oc2ccc(F)cc2)CC1)c1ccc(C(=O)O)c(Cl)c1. The molecule has 1 aliphatic carbocycles. The van der Waals surface area contributed by atoms with Gasteiger partial charge in [-0.25, -0.2) is 18.6 Å². The number of carbonyl (C=O) groups is 3. The maximum absolute atomic E-state index is 13.9. The Hall–Kier alpha value is -4.05. The number of carboxylic acid groups (broad SMARTS) is 1. The average molecular weight is 530 g/mol. The summed E-state index contributed by atoms with van der Waals surface area (Å²) < 4.78 is 32.6. The Morgan fingerprint density at radius 1 is 0.865 bits per heavy atom. The predicted molar refractivity (Wildman–Crippen MR) is 130 cm³/mol. The first-order chi connectivity index (χ1) is 17.7. The Morgan fingerprint density at radius 3 is 2.08 bits per heavy atom. The van der Waals surface area contributed by atoms with Gasteiger partial charge in [-0.2, -0.15) is 0 Å². The van der Waals surface area contributed by atoms with Gasteiger partial charge in [0.25, 0.3) is 11.8 Å². The highest BCUT2D eigenvalue weighted by atomic mass is 35.5. The molecule has 1 heterocycles. The van der Waals surface area contributed by atoms with Gasteiger partial charge in [0.1, 0.15) is 22.9 Å². The van der Waals surface area contributed by atoms with Gasteiger partial charge in [0.2, 0.25) is 5.88 Å². The summed E-state index contributed by atoms with van der Waals surface area (Å²) in [7, 11) is 0. The Labute approximate surface area is 215 Å². The van der Waals surface area contributed by atoms with Gasteiger partial charge in [0.05, 0.1) is 16.8 Å². The summed E-state index contributed by atoms with van der Waals surface area (Å²) in [6.45, 7) is 0. The zero-order chi connectivity index (χ0) is 26.5. The predicted octanol–water partition coefficient (Wildman–Crippen LogP) is 4.97. The van der Waals surface area contributed by atoms with Crippen molar-refractivity contribution in [3.8, 4) is 11.6 Å². The zero-order valence-corrected chi connectivity index (χ0v) is 20.1. The number of carbonyl (C=O) groups excluding carboxylic acids is 2. The van der Waals surface area contributed by atoms with Crippen LogP contribution in [0.1, 0.15) is 56.8 Å². The summed E-state index contributed by atoms with van der Waals surface area (Å²) in [6, 6.07) is 9.76. The van der Waals surface area contributed by atoms with Gasteiger partial charge in [-0.15, -0.1) is 0 Å². The van der Waals surface area contributed by atoms with Crippen molar-refractivity contribution in [1.29, 1.82) is 0 Å². The molecule has 8 nitrogen and oxygen atoms in total. The molecule has 3 N–H and O–H groups in total. The van der Waals surface area contributed by atoms with Crippen molar-refractivity contribution in [3.05, 3.63) is 88.1 Å². The van der Waals surface area contributed by atoms with Crippen molar-refractivity contribution >= 4 is 29.4 Å². The summed E-state index contributed by atoms with van der Waals surface area (Å²) in [5.41, 5.74) is 0.0633. The molecule has 2 aromatic carbocycles. The fourth-order valence-corrected chi connectivity index (χ4v) is 4.29. The maximum Gasteiger partial charge on any atom is 0.337 e. The molecule has 0 spiro atoms. The average Bonchev–Trinajstić information content (AvgIpc) is 2.87. The molecule has 1 aliphatic rings. The standard InChI is InChI=1S/C26H22ClF2N3O5/c27-22-11-14(1-10-20(22)26(35)36)23(33)31-17-4-6-18(7-5-17)32-24(34)21-12-16(29)13-30-25(21)37-19-8-2-15(28)3-9-19/h1-3,8-13,17-18H,4-7H2,(H,31,33)(H,32,34)(H,35,36). The highest BCUT2D eigenvalue weighted by molar-refractivity contribution is 6.33. The lowest BCUT2D eigenvalue weighted by atomic mass is 9.90. The second-order valence-corrected chi connectivity index (χ2v) is 8.96. The number of aromatic carboxylic acids is 1. The van der Waals surface area contributed by atoms with Crippen molar-refractivity contribution in [1.82, 2.24) is 15.6 Å². The molecular formula is C26H22ClF2N3O5. The van der Waals surface area contributed by atoms with E-state index in [9.17, 15) is 23.2 Å². The molecule has 11 heteroatoms. The molecule has 0 radical (unpaired) electrons. The van der Waals surface area contributed by atoms with E-state index in [2.05, 4.69) is 15.6 Å². The van der Waals surface area contributed by atoms with Crippen molar-refractivity contribution in [3.63, 3.8) is 0 Å². The van der Waals surface area contributed by atoms with Crippen LogP contribution in [0.5, 0.6) is 11.6 Å². The number of carboxylic acids is 1. The number of hydrogen-bond acceptors (Lipinski definition) is 5. The number of aromatic nitrogens is 1. The van der Waals surface area contributed by atoms with E-state index < -0.39 is 23.5 Å². The van der Waals surface area contributed by atoms with Crippen molar-refractivity contribution in [2.75, 3.05) is 0 Å². The molecule has 0 unspecified atom stereocenters. The molecule has 192 valence electrons. The van der Waals surface area contributed by atoms with Crippen LogP contribution in [0.15, 0.2) is 54.7 Å². The minimum absolute atomic E-state index is 0.0267. The first-order valence-electron chi connectivity index (χ1n) is 11.4. The number of amides is 2. The Morgan fingerprint density at radius 2 is 1.49 bits per heavy atom. The van der Waals surface area contributed by atoms with Crippen LogP contribution in [0.3, 0.4) is 0 Å². The molecular weight excluding hydrogens is 508 g/mol. The number of rotatable bonds is 7. The largest absolute Gasteiger partial charge is 0.478 e. The monoisotopic (exact) mass is 529 g/mol. The summed E-state index contributed by atoms with van der Waals surface area (Å²) in [5.74, 6) is -3.16. The summed E-state index contributed by atoms with van der Waals surface area (Å²) >= 11 is 5.95. The summed E-state index contributed by atoms with van der Waals surface area (Å²) in [6.07, 6.45) is 3.21. The quantitative estimate of drug-likeness (QED) is 0.397. The van der Waals surface area contributed by atoms with E-state index in [-0.39, 0.29) is 51.3 Å². The second kappa shape index (κ2) is 11.3. The smallest absolute Gasteiger partial charge is 0.337 e. The van der Waals surface area contributed by atoms with Gasteiger partial charge >= 0.3 is 5.97 Å². The summed E-state index contributed by atoms with van der Waals surface area (Å²) in [5, 5.41) is 14.8. The molecule has 0 bridgehead atoms. The van der Waals surface area contributed by atoms with E-state index in [0.717, 1.165) is 12.3 Å². The van der Waals surface area contributed by atoms with Crippen molar-refractivity contribution in [2.45, 2.75) is 37.8 Å². The first kappa shape index (κ1) is 26.0. The Bertz CT molecular complexity index is 1330. The fraction of sp³-hybridized carbons (Fsp3) is 0.231.